The van der Waals surface area contributed by atoms with Crippen molar-refractivity contribution in [2.75, 3.05) is 5.32 Å². The maximum Gasteiger partial charge on any atom is 0.180 e. The van der Waals surface area contributed by atoms with Gasteiger partial charge in [0, 0.05) is 34.8 Å². The first kappa shape index (κ1) is 21.9. The second kappa shape index (κ2) is 8.90. The van der Waals surface area contributed by atoms with Crippen LogP contribution in [-0.2, 0) is 13.0 Å². The quantitative estimate of drug-likeness (QED) is 0.243. The Bertz CT molecular complexity index is 1670. The summed E-state index contributed by atoms with van der Waals surface area (Å²) in [5, 5.41) is 23.2. The van der Waals surface area contributed by atoms with E-state index in [4.69, 9.17) is 4.42 Å². The first-order valence-corrected chi connectivity index (χ1v) is 12.5. The fourth-order valence-electron chi connectivity index (χ4n) is 4.04. The Morgan fingerprint density at radius 3 is 2.74 bits per heavy atom. The Kier molecular flexibility index (Phi) is 5.57. The number of furan rings is 1. The number of aryl methyl sites for hydroxylation is 1. The van der Waals surface area contributed by atoms with E-state index in [1.165, 1.54) is 0 Å². The molecule has 2 N–H and O–H groups in total. The zero-order valence-corrected chi connectivity index (χ0v) is 21.6. The standard InChI is InChI=1S/C24H18Br2N8O/c1-2-14-10-20(34-24(29-14)18(25)12-28-34)27-11-13-7-8-19-17(9-13)21(26)22(35-19)15-5-3-4-6-16(15)23-30-32-33-31-23/h3-10,12,27H,2,11H2,1H3,(H,30,31,32,33). The van der Waals surface area contributed by atoms with E-state index in [1.54, 1.807) is 6.20 Å². The molecule has 0 aliphatic rings. The van der Waals surface area contributed by atoms with Crippen LogP contribution in [0.3, 0.4) is 0 Å². The molecule has 6 aromatic rings. The topological polar surface area (TPSA) is 110 Å². The van der Waals surface area contributed by atoms with Gasteiger partial charge in [0.25, 0.3) is 0 Å². The summed E-state index contributed by atoms with van der Waals surface area (Å²) in [6.45, 7) is 2.70. The molecule has 0 atom stereocenters. The molecule has 0 amide bonds. The van der Waals surface area contributed by atoms with Crippen LogP contribution in [0.2, 0.25) is 0 Å². The molecular weight excluding hydrogens is 576 g/mol. The largest absolute Gasteiger partial charge is 0.455 e. The average Bonchev–Trinajstić information content (AvgIpc) is 3.63. The van der Waals surface area contributed by atoms with E-state index in [0.717, 1.165) is 65.9 Å². The Balaban J connectivity index is 1.34. The van der Waals surface area contributed by atoms with Crippen LogP contribution in [0, 0.1) is 0 Å². The van der Waals surface area contributed by atoms with Crippen LogP contribution in [0.1, 0.15) is 18.2 Å². The van der Waals surface area contributed by atoms with Crippen LogP contribution in [0.15, 0.2) is 68.1 Å². The lowest BCUT2D eigenvalue weighted by atomic mass is 10.0. The highest BCUT2D eigenvalue weighted by atomic mass is 79.9. The van der Waals surface area contributed by atoms with Gasteiger partial charge in [-0.2, -0.15) is 9.61 Å². The fourth-order valence-corrected chi connectivity index (χ4v) is 5.00. The van der Waals surface area contributed by atoms with Crippen molar-refractivity contribution in [1.82, 2.24) is 35.2 Å². The minimum Gasteiger partial charge on any atom is -0.455 e. The summed E-state index contributed by atoms with van der Waals surface area (Å²) in [6, 6.07) is 16.1. The molecule has 0 aliphatic carbocycles. The Labute approximate surface area is 216 Å². The lowest BCUT2D eigenvalue weighted by molar-refractivity contribution is 0.630. The van der Waals surface area contributed by atoms with Gasteiger partial charge in [-0.1, -0.05) is 37.3 Å². The van der Waals surface area contributed by atoms with Gasteiger partial charge in [-0.3, -0.25) is 0 Å². The van der Waals surface area contributed by atoms with Crippen LogP contribution in [-0.4, -0.2) is 35.2 Å². The smallest absolute Gasteiger partial charge is 0.180 e. The number of tetrazole rings is 1. The molecule has 9 nitrogen and oxygen atoms in total. The minimum absolute atomic E-state index is 0.582. The number of halogens is 2. The lowest BCUT2D eigenvalue weighted by Gasteiger charge is -2.10. The summed E-state index contributed by atoms with van der Waals surface area (Å²) in [5.74, 6) is 2.19. The van der Waals surface area contributed by atoms with Crippen molar-refractivity contribution in [2.24, 2.45) is 0 Å². The molecule has 2 aromatic carbocycles. The van der Waals surface area contributed by atoms with Crippen molar-refractivity contribution >= 4 is 54.3 Å². The molecule has 0 radical (unpaired) electrons. The average molecular weight is 594 g/mol. The van der Waals surface area contributed by atoms with E-state index in [9.17, 15) is 0 Å². The van der Waals surface area contributed by atoms with Gasteiger partial charge < -0.3 is 9.73 Å². The third kappa shape index (κ3) is 3.90. The van der Waals surface area contributed by atoms with Crippen LogP contribution in [0.5, 0.6) is 0 Å². The van der Waals surface area contributed by atoms with E-state index in [2.05, 4.69) is 86.9 Å². The molecule has 4 heterocycles. The summed E-state index contributed by atoms with van der Waals surface area (Å²) in [5.41, 5.74) is 5.44. The monoisotopic (exact) mass is 592 g/mol. The summed E-state index contributed by atoms with van der Waals surface area (Å²) in [7, 11) is 0. The lowest BCUT2D eigenvalue weighted by Crippen LogP contribution is -2.07. The van der Waals surface area contributed by atoms with Gasteiger partial charge >= 0.3 is 0 Å². The van der Waals surface area contributed by atoms with Crippen molar-refractivity contribution in [2.45, 2.75) is 19.9 Å². The van der Waals surface area contributed by atoms with Gasteiger partial charge in [0.05, 0.1) is 15.1 Å². The summed E-state index contributed by atoms with van der Waals surface area (Å²) in [6.07, 6.45) is 2.60. The van der Waals surface area contributed by atoms with E-state index in [0.29, 0.717) is 12.4 Å². The van der Waals surface area contributed by atoms with Crippen LogP contribution < -0.4 is 5.32 Å². The third-order valence-electron chi connectivity index (χ3n) is 5.78. The molecule has 0 fully saturated rings. The van der Waals surface area contributed by atoms with Gasteiger partial charge in [-0.05, 0) is 66.4 Å². The summed E-state index contributed by atoms with van der Waals surface area (Å²) < 4.78 is 9.81. The van der Waals surface area contributed by atoms with E-state index in [-0.39, 0.29) is 0 Å². The number of fused-ring (bicyclic) bond motifs is 2. The van der Waals surface area contributed by atoms with Crippen molar-refractivity contribution in [3.63, 3.8) is 0 Å². The Morgan fingerprint density at radius 2 is 1.94 bits per heavy atom. The second-order valence-corrected chi connectivity index (χ2v) is 9.59. The molecule has 0 spiro atoms. The normalized spacial score (nSPS) is 11.5. The maximum absolute atomic E-state index is 6.25. The molecule has 0 saturated heterocycles. The highest BCUT2D eigenvalue weighted by Gasteiger charge is 2.19. The highest BCUT2D eigenvalue weighted by Crippen LogP contribution is 2.41. The minimum atomic E-state index is 0.582. The first-order chi connectivity index (χ1) is 17.1. The number of benzene rings is 2. The maximum atomic E-state index is 6.25. The van der Waals surface area contributed by atoms with E-state index in [1.807, 2.05) is 40.9 Å². The number of nitrogens with zero attached hydrogens (tertiary/aromatic N) is 6. The number of hydrogen-bond donors (Lipinski definition) is 2. The zero-order chi connectivity index (χ0) is 23.9. The van der Waals surface area contributed by atoms with Gasteiger partial charge in [-0.15, -0.1) is 5.10 Å². The number of hydrogen-bond acceptors (Lipinski definition) is 7. The van der Waals surface area contributed by atoms with Gasteiger partial charge in [0.2, 0.25) is 0 Å². The van der Waals surface area contributed by atoms with E-state index >= 15 is 0 Å². The van der Waals surface area contributed by atoms with Gasteiger partial charge in [0.15, 0.2) is 11.5 Å². The van der Waals surface area contributed by atoms with Crippen LogP contribution >= 0.6 is 31.9 Å². The number of rotatable bonds is 6. The third-order valence-corrected chi connectivity index (χ3v) is 7.13. The number of H-pyrrole nitrogens is 1. The van der Waals surface area contributed by atoms with Crippen LogP contribution in [0.4, 0.5) is 5.82 Å². The second-order valence-electron chi connectivity index (χ2n) is 7.94. The zero-order valence-electron chi connectivity index (χ0n) is 18.5. The fraction of sp³-hybridized carbons (Fsp3) is 0.125. The molecule has 0 bridgehead atoms. The Morgan fingerprint density at radius 1 is 1.09 bits per heavy atom. The van der Waals surface area contributed by atoms with Gasteiger partial charge in [-0.25, -0.2) is 10.1 Å². The first-order valence-electron chi connectivity index (χ1n) is 10.9. The van der Waals surface area contributed by atoms with Crippen molar-refractivity contribution < 1.29 is 4.42 Å². The number of anilines is 1. The molecule has 0 unspecified atom stereocenters. The van der Waals surface area contributed by atoms with Crippen molar-refractivity contribution in [3.8, 4) is 22.7 Å². The van der Waals surface area contributed by atoms with Crippen molar-refractivity contribution in [3.05, 3.63) is 74.9 Å². The summed E-state index contributed by atoms with van der Waals surface area (Å²) >= 11 is 7.30. The molecule has 11 heteroatoms. The molecular formula is C24H18Br2N8O. The Hall–Kier alpha value is -3.57. The number of aromatic nitrogens is 7. The molecule has 174 valence electrons. The predicted molar refractivity (Wildman–Crippen MR) is 140 cm³/mol. The molecule has 0 aliphatic heterocycles. The summed E-state index contributed by atoms with van der Waals surface area (Å²) in [4.78, 5) is 4.66. The number of nitrogens with one attached hydrogen (secondary N) is 2. The SMILES string of the molecule is CCc1cc(NCc2ccc3oc(-c4ccccc4-c4nnn[nH]4)c(Br)c3c2)n2ncc(Br)c2n1. The van der Waals surface area contributed by atoms with Crippen molar-refractivity contribution in [1.29, 1.82) is 0 Å². The molecule has 35 heavy (non-hydrogen) atoms. The predicted octanol–water partition coefficient (Wildman–Crippen LogP) is 6.02. The van der Waals surface area contributed by atoms with Crippen LogP contribution in [0.25, 0.3) is 39.3 Å². The highest BCUT2D eigenvalue weighted by molar-refractivity contribution is 9.11. The van der Waals surface area contributed by atoms with E-state index < -0.39 is 0 Å². The molecule has 0 saturated carbocycles. The van der Waals surface area contributed by atoms with Gasteiger partial charge in [0.1, 0.15) is 17.2 Å². The molecule has 4 aromatic heterocycles. The molecule has 6 rings (SSSR count). The number of aromatic amines is 1.